The van der Waals surface area contributed by atoms with Gasteiger partial charge in [-0.25, -0.2) is 18.9 Å². The maximum atomic E-state index is 14.2. The van der Waals surface area contributed by atoms with Crippen LogP contribution in [0, 0.1) is 5.82 Å². The predicted molar refractivity (Wildman–Crippen MR) is 183 cm³/mol. The Balaban J connectivity index is 1.19. The zero-order chi connectivity index (χ0) is 34.6. The Hall–Kier alpha value is -5.10. The summed E-state index contributed by atoms with van der Waals surface area (Å²) < 4.78 is 30.2. The van der Waals surface area contributed by atoms with Gasteiger partial charge >= 0.3 is 12.2 Å². The Bertz CT molecular complexity index is 1640. The number of hydrogen-bond donors (Lipinski definition) is 3. The van der Waals surface area contributed by atoms with Crippen LogP contribution >= 0.6 is 0 Å². The van der Waals surface area contributed by atoms with Gasteiger partial charge in [0.25, 0.3) is 5.91 Å². The van der Waals surface area contributed by atoms with Crippen molar-refractivity contribution >= 4 is 23.8 Å². The molecule has 49 heavy (non-hydrogen) atoms. The molecule has 4 aromatic rings. The van der Waals surface area contributed by atoms with E-state index in [1.54, 1.807) is 30.3 Å². The van der Waals surface area contributed by atoms with E-state index < -0.39 is 35.9 Å². The number of ether oxygens (including phenoxy) is 3. The van der Waals surface area contributed by atoms with Crippen molar-refractivity contribution in [2.45, 2.75) is 43.5 Å². The second-order valence-corrected chi connectivity index (χ2v) is 11.7. The van der Waals surface area contributed by atoms with Crippen molar-refractivity contribution in [1.82, 2.24) is 10.6 Å². The topological polar surface area (TPSA) is 132 Å². The zero-order valence-electron chi connectivity index (χ0n) is 27.3. The van der Waals surface area contributed by atoms with Crippen molar-refractivity contribution in [3.05, 3.63) is 137 Å². The van der Waals surface area contributed by atoms with E-state index in [0.29, 0.717) is 37.2 Å². The second-order valence-electron chi connectivity index (χ2n) is 11.7. The molecule has 1 saturated heterocycles. The first-order valence-corrected chi connectivity index (χ1v) is 16.2. The number of anilines is 1. The minimum atomic E-state index is -1.09. The van der Waals surface area contributed by atoms with Gasteiger partial charge in [-0.1, -0.05) is 97.1 Å². The summed E-state index contributed by atoms with van der Waals surface area (Å²) in [6.45, 7) is 0.930. The van der Waals surface area contributed by atoms with Crippen LogP contribution in [0.2, 0.25) is 0 Å². The van der Waals surface area contributed by atoms with Gasteiger partial charge in [0.05, 0.1) is 37.6 Å². The largest absolute Gasteiger partial charge is 0.452 e. The Morgan fingerprint density at radius 3 is 2.14 bits per heavy atom. The van der Waals surface area contributed by atoms with Crippen molar-refractivity contribution in [3.8, 4) is 0 Å². The summed E-state index contributed by atoms with van der Waals surface area (Å²) in [5.41, 5.74) is 9.94. The molecule has 256 valence electrons. The number of aryl methyl sites for hydroxylation is 1. The van der Waals surface area contributed by atoms with Crippen LogP contribution in [0.25, 0.3) is 0 Å². The monoisotopic (exact) mass is 668 g/mol. The molecule has 4 aromatic carbocycles. The fourth-order valence-corrected chi connectivity index (χ4v) is 5.87. The molecule has 4 N–H and O–H groups in total. The Kier molecular flexibility index (Phi) is 12.5. The van der Waals surface area contributed by atoms with Crippen LogP contribution in [0.15, 0.2) is 109 Å². The molecule has 1 fully saturated rings. The first-order chi connectivity index (χ1) is 23.9. The number of nitrogens with zero attached hydrogens (tertiary/aromatic N) is 1. The zero-order valence-corrected chi connectivity index (χ0v) is 27.3. The maximum Gasteiger partial charge on any atom is 0.420 e. The minimum absolute atomic E-state index is 0.0230. The molecule has 1 heterocycles. The van der Waals surface area contributed by atoms with Gasteiger partial charge in [0.1, 0.15) is 12.4 Å². The second kappa shape index (κ2) is 17.3. The number of hydrogen-bond acceptors (Lipinski definition) is 8. The van der Waals surface area contributed by atoms with Crippen LogP contribution < -0.4 is 21.3 Å². The number of rotatable bonds is 12. The molecule has 11 heteroatoms. The number of morpholine rings is 1. The van der Waals surface area contributed by atoms with Gasteiger partial charge in [-0.2, -0.15) is 0 Å². The Morgan fingerprint density at radius 2 is 1.53 bits per heavy atom. The summed E-state index contributed by atoms with van der Waals surface area (Å²) >= 11 is 0. The molecule has 1 aliphatic heterocycles. The molecule has 0 spiro atoms. The summed E-state index contributed by atoms with van der Waals surface area (Å²) in [5, 5.41) is 5.89. The smallest absolute Gasteiger partial charge is 0.420 e. The summed E-state index contributed by atoms with van der Waals surface area (Å²) in [4.78, 5) is 40.6. The summed E-state index contributed by atoms with van der Waals surface area (Å²) in [6.07, 6.45) is -0.550. The van der Waals surface area contributed by atoms with E-state index in [9.17, 15) is 18.8 Å². The molecule has 3 atom stereocenters. The third-order valence-electron chi connectivity index (χ3n) is 8.47. The number of carbonyl (C=O) groups excluding carboxylic acids is 3. The van der Waals surface area contributed by atoms with Crippen molar-refractivity contribution in [2.24, 2.45) is 5.73 Å². The molecule has 5 rings (SSSR count). The number of imide groups is 1. The number of alkyl carbamates (subject to hydrolysis) is 1. The van der Waals surface area contributed by atoms with Crippen LogP contribution in [-0.4, -0.2) is 63.1 Å². The highest BCUT2D eigenvalue weighted by Crippen LogP contribution is 2.31. The highest BCUT2D eigenvalue weighted by Gasteiger charge is 2.36. The molecule has 0 aliphatic carbocycles. The molecule has 3 amide bonds. The highest BCUT2D eigenvalue weighted by atomic mass is 19.1. The van der Waals surface area contributed by atoms with Crippen LogP contribution in [0.3, 0.4) is 0 Å². The lowest BCUT2D eigenvalue weighted by Gasteiger charge is -2.31. The number of nitrogens with one attached hydrogen (secondary N) is 2. The van der Waals surface area contributed by atoms with Crippen molar-refractivity contribution in [3.63, 3.8) is 0 Å². The van der Waals surface area contributed by atoms with Crippen molar-refractivity contribution < 1.29 is 33.0 Å². The summed E-state index contributed by atoms with van der Waals surface area (Å²) in [6, 6.07) is 31.1. The van der Waals surface area contributed by atoms with Crippen LogP contribution in [-0.2, 0) is 32.0 Å². The Morgan fingerprint density at radius 1 is 0.918 bits per heavy atom. The molecule has 0 radical (unpaired) electrons. The third-order valence-corrected chi connectivity index (χ3v) is 8.47. The lowest BCUT2D eigenvalue weighted by molar-refractivity contribution is -0.119. The quantitative estimate of drug-likeness (QED) is 0.185. The number of carbonyl (C=O) groups is 3. The van der Waals surface area contributed by atoms with E-state index >= 15 is 0 Å². The third kappa shape index (κ3) is 9.29. The lowest BCUT2D eigenvalue weighted by Crippen LogP contribution is -2.50. The molecule has 1 aliphatic rings. The lowest BCUT2D eigenvalue weighted by atomic mass is 9.84. The highest BCUT2D eigenvalue weighted by molar-refractivity contribution is 6.15. The summed E-state index contributed by atoms with van der Waals surface area (Å²) in [5.74, 6) is -1.49. The van der Waals surface area contributed by atoms with Crippen LogP contribution in [0.4, 0.5) is 19.7 Å². The van der Waals surface area contributed by atoms with Crippen molar-refractivity contribution in [1.29, 1.82) is 0 Å². The molecule has 0 saturated carbocycles. The minimum Gasteiger partial charge on any atom is -0.452 e. The predicted octanol–water partition coefficient (Wildman–Crippen LogP) is 5.30. The van der Waals surface area contributed by atoms with E-state index in [4.69, 9.17) is 19.9 Å². The number of halogens is 1. The van der Waals surface area contributed by atoms with Gasteiger partial charge in [-0.15, -0.1) is 0 Å². The fraction of sp³-hybridized carbons (Fsp3) is 0.289. The SMILES string of the molecule is COC(=O)N(C(=O)[C@@H](N)C(c1ccccc1)c1ccccc1)c1ccccc1CC[C@@H]1CN[C@H](COC(=O)NCc2ccccc2F)CO1. The van der Waals surface area contributed by atoms with Gasteiger partial charge in [-0.05, 0) is 41.7 Å². The average Bonchev–Trinajstić information content (AvgIpc) is 3.14. The molecular weight excluding hydrogens is 627 g/mol. The van der Waals surface area contributed by atoms with Gasteiger partial charge in [0.2, 0.25) is 0 Å². The average molecular weight is 669 g/mol. The molecule has 10 nitrogen and oxygen atoms in total. The summed E-state index contributed by atoms with van der Waals surface area (Å²) in [7, 11) is 1.23. The number of benzene rings is 4. The molecule has 0 aromatic heterocycles. The number of amides is 3. The van der Waals surface area contributed by atoms with Crippen molar-refractivity contribution in [2.75, 3.05) is 31.8 Å². The molecule has 0 bridgehead atoms. The number of para-hydroxylation sites is 1. The van der Waals surface area contributed by atoms with Gasteiger partial charge in [0.15, 0.2) is 0 Å². The fourth-order valence-electron chi connectivity index (χ4n) is 5.87. The maximum absolute atomic E-state index is 14.2. The van der Waals surface area contributed by atoms with E-state index in [1.165, 1.54) is 13.2 Å². The normalized spacial score (nSPS) is 16.4. The molecule has 0 unspecified atom stereocenters. The van der Waals surface area contributed by atoms with Gasteiger partial charge in [-0.3, -0.25) is 4.79 Å². The van der Waals surface area contributed by atoms with E-state index in [1.807, 2.05) is 72.8 Å². The number of nitrogens with two attached hydrogens (primary N) is 1. The first-order valence-electron chi connectivity index (χ1n) is 16.2. The Labute approximate surface area is 285 Å². The van der Waals surface area contributed by atoms with Gasteiger partial charge in [0, 0.05) is 24.6 Å². The van der Waals surface area contributed by atoms with Crippen LogP contribution in [0.1, 0.15) is 34.6 Å². The van der Waals surface area contributed by atoms with Gasteiger partial charge < -0.3 is 30.6 Å². The van der Waals surface area contributed by atoms with E-state index in [0.717, 1.165) is 21.6 Å². The van der Waals surface area contributed by atoms with Crippen LogP contribution in [0.5, 0.6) is 0 Å². The van der Waals surface area contributed by atoms with E-state index in [-0.39, 0.29) is 25.3 Å². The first kappa shape index (κ1) is 35.2. The van der Waals surface area contributed by atoms with E-state index in [2.05, 4.69) is 10.6 Å². The standard InChI is InChI=1S/C38H41FN4O6/c1-47-38(46)43(36(44)35(40)34(27-13-4-2-5-14-27)28-15-6-3-7-16-28)33-19-11-9-12-26(33)20-21-31-23-41-30(24-48-31)25-49-37(45)42-22-29-17-8-10-18-32(29)39/h2-19,30-31,34-35,41H,20-25,40H2,1H3,(H,42,45)/t30-,31+,35-/m0/s1. The molecular formula is C38H41FN4O6. The number of methoxy groups -OCH3 is 1.